The molecule has 0 atom stereocenters. The van der Waals surface area contributed by atoms with Crippen LogP contribution in [0.15, 0.2) is 211 Å². The molecule has 5 heteroatoms. The van der Waals surface area contributed by atoms with Gasteiger partial charge in [0, 0.05) is 17.0 Å². The second kappa shape index (κ2) is 21.1. The Labute approximate surface area is 410 Å². The molecule has 0 aliphatic heterocycles. The average Bonchev–Trinajstić information content (AvgIpc) is 3.78. The van der Waals surface area contributed by atoms with Gasteiger partial charge in [0.1, 0.15) is 11.2 Å². The fourth-order valence-electron chi connectivity index (χ4n) is 8.96. The topological polar surface area (TPSA) is 65.8 Å². The third kappa shape index (κ3) is 9.50. The van der Waals surface area contributed by atoms with Gasteiger partial charge in [-0.05, 0) is 92.7 Å². The van der Waals surface area contributed by atoms with Crippen molar-refractivity contribution in [1.82, 2.24) is 4.98 Å². The fourth-order valence-corrected chi connectivity index (χ4v) is 8.96. The average molecular weight is 1050 g/mol. The summed E-state index contributed by atoms with van der Waals surface area (Å²) in [7, 11) is 0. The van der Waals surface area contributed by atoms with E-state index in [-0.39, 0.29) is 20.1 Å². The van der Waals surface area contributed by atoms with E-state index in [1.807, 2.05) is 36.5 Å². The number of aromatic nitrogens is 1. The maximum absolute atomic E-state index is 7.50. The first kappa shape index (κ1) is 46.6. The number of para-hydroxylation sites is 1. The zero-order chi connectivity index (χ0) is 46.3. The molecule has 11 rings (SSSR count). The van der Waals surface area contributed by atoms with Crippen LogP contribution in [0.2, 0.25) is 0 Å². The van der Waals surface area contributed by atoms with Gasteiger partial charge in [0.05, 0.1) is 0 Å². The minimum atomic E-state index is 0. The summed E-state index contributed by atoms with van der Waals surface area (Å²) < 4.78 is 21.2. The minimum absolute atomic E-state index is 0. The van der Waals surface area contributed by atoms with Crippen molar-refractivity contribution in [3.63, 3.8) is 0 Å². The molecule has 2 heterocycles. The van der Waals surface area contributed by atoms with Crippen LogP contribution in [0.1, 0.15) is 11.1 Å². The second-order valence-corrected chi connectivity index (χ2v) is 16.3. The molecular formula is C63H40IrNO3. The fraction of sp³-hybridized carbons (Fsp3) is 0.0317. The quantitative estimate of drug-likeness (QED) is 0.112. The maximum atomic E-state index is 7.50. The van der Waals surface area contributed by atoms with Crippen molar-refractivity contribution in [1.29, 1.82) is 0 Å². The molecule has 68 heavy (non-hydrogen) atoms. The predicted molar refractivity (Wildman–Crippen MR) is 269 cm³/mol. The van der Waals surface area contributed by atoms with Crippen molar-refractivity contribution < 1.29 is 33.8 Å². The third-order valence-corrected chi connectivity index (χ3v) is 12.0. The molecule has 2 aromatic heterocycles. The number of hydrogen-bond donors (Lipinski definition) is 0. The van der Waals surface area contributed by atoms with Gasteiger partial charge in [-0.1, -0.05) is 139 Å². The molecule has 0 radical (unpaired) electrons. The Morgan fingerprint density at radius 3 is 1.37 bits per heavy atom. The molecule has 4 nitrogen and oxygen atoms in total. The predicted octanol–water partition coefficient (Wildman–Crippen LogP) is 16.3. The smallest absolute Gasteiger partial charge is 3.00 e. The van der Waals surface area contributed by atoms with Crippen LogP contribution >= 0.6 is 0 Å². The second-order valence-electron chi connectivity index (χ2n) is 16.3. The Hall–Kier alpha value is -7.94. The van der Waals surface area contributed by atoms with E-state index in [0.29, 0.717) is 0 Å². The van der Waals surface area contributed by atoms with Crippen LogP contribution in [0.4, 0.5) is 0 Å². The van der Waals surface area contributed by atoms with Gasteiger partial charge in [0.15, 0.2) is 0 Å². The summed E-state index contributed by atoms with van der Waals surface area (Å²) in [5, 5.41) is 2.25. The van der Waals surface area contributed by atoms with Gasteiger partial charge in [0.2, 0.25) is 0 Å². The molecule has 0 spiro atoms. The van der Waals surface area contributed by atoms with Gasteiger partial charge in [-0.2, -0.15) is 59.7 Å². The van der Waals surface area contributed by atoms with Gasteiger partial charge in [-0.25, -0.2) is 0 Å². The van der Waals surface area contributed by atoms with Gasteiger partial charge in [-0.3, -0.25) is 0 Å². The zero-order valence-electron chi connectivity index (χ0n) is 37.1. The maximum Gasteiger partial charge on any atom is 3.00 e. The van der Waals surface area contributed by atoms with Crippen LogP contribution in [0.5, 0.6) is 0 Å². The van der Waals surface area contributed by atoms with E-state index >= 15 is 0 Å². The third-order valence-electron chi connectivity index (χ3n) is 12.0. The summed E-state index contributed by atoms with van der Waals surface area (Å²) in [5.74, 6) is 0. The van der Waals surface area contributed by atoms with E-state index in [0.717, 1.165) is 88.8 Å². The molecule has 0 N–H and O–H groups in total. The molecular weight excluding hydrogens is 1010 g/mol. The van der Waals surface area contributed by atoms with Crippen LogP contribution in [0.3, 0.4) is 0 Å². The molecule has 0 amide bonds. The van der Waals surface area contributed by atoms with E-state index in [9.17, 15) is 0 Å². The molecule has 11 aromatic rings. The van der Waals surface area contributed by atoms with E-state index in [2.05, 4.69) is 215 Å². The summed E-state index contributed by atoms with van der Waals surface area (Å²) >= 11 is 0. The molecule has 0 unspecified atom stereocenters. The summed E-state index contributed by atoms with van der Waals surface area (Å²) in [6.07, 6.45) is 1.87. The van der Waals surface area contributed by atoms with Crippen molar-refractivity contribution in [3.8, 4) is 89.1 Å². The van der Waals surface area contributed by atoms with Crippen molar-refractivity contribution in [3.05, 3.63) is 249 Å². The van der Waals surface area contributed by atoms with Gasteiger partial charge in [-0.15, -0.1) is 41.0 Å². The number of furan rings is 1. The van der Waals surface area contributed by atoms with Crippen molar-refractivity contribution >= 4 is 21.9 Å². The first-order valence-electron chi connectivity index (χ1n) is 21.7. The molecule has 0 fully saturated rings. The monoisotopic (exact) mass is 1050 g/mol. The van der Waals surface area contributed by atoms with Crippen molar-refractivity contribution in [2.75, 3.05) is 0 Å². The Morgan fingerprint density at radius 1 is 0.397 bits per heavy atom. The largest absolute Gasteiger partial charge is 3.00 e. The summed E-state index contributed by atoms with van der Waals surface area (Å²) in [6.45, 7) is 13.2. The van der Waals surface area contributed by atoms with Crippen LogP contribution < -0.4 is 0 Å². The molecule has 0 aliphatic rings. The van der Waals surface area contributed by atoms with Crippen LogP contribution in [0, 0.1) is 45.3 Å². The number of fused-ring (bicyclic) bond motifs is 3. The zero-order valence-corrected chi connectivity index (χ0v) is 39.5. The van der Waals surface area contributed by atoms with Gasteiger partial charge >= 0.3 is 42.7 Å². The Bertz CT molecular complexity index is 3490. The van der Waals surface area contributed by atoms with E-state index < -0.39 is 0 Å². The standard InChI is InChI=1S/C61H40NO.2CO.Ir/c1-40-13-11-15-46(33-40)52-18-4-7-21-55(52)49-35-48(36-50(37-49)56-22-8-5-19-53(56)47-16-12-14-41(2)34-47)54-20-6-3-17-51(54)42-25-27-43(28-26-42)59-38-45(31-32-62-59)44-29-30-58-57-23-9-10-24-60(57)63-61(58)39-44;2*1-2;/h3-10,13-27,29-39H,1-2H3;;;/q-3;;;+3. The number of hydrogen-bond acceptors (Lipinski definition) is 2. The number of nitrogens with zero attached hydrogens (tertiary/aromatic N) is 1. The first-order chi connectivity index (χ1) is 33.0. The van der Waals surface area contributed by atoms with Crippen LogP contribution in [-0.4, -0.2) is 4.98 Å². The van der Waals surface area contributed by atoms with Crippen LogP contribution in [0.25, 0.3) is 111 Å². The van der Waals surface area contributed by atoms with Crippen molar-refractivity contribution in [2.24, 2.45) is 0 Å². The molecule has 324 valence electrons. The number of aryl methyl sites for hydroxylation is 2. The minimum Gasteiger partial charge on any atom is 3.00 e. The van der Waals surface area contributed by atoms with Crippen LogP contribution in [-0.2, 0) is 29.4 Å². The van der Waals surface area contributed by atoms with Gasteiger partial charge < -0.3 is 9.40 Å². The molecule has 0 saturated heterocycles. The van der Waals surface area contributed by atoms with E-state index in [4.69, 9.17) is 18.7 Å². The molecule has 0 saturated carbocycles. The summed E-state index contributed by atoms with van der Waals surface area (Å²) in [5.41, 5.74) is 21.9. The first-order valence-corrected chi connectivity index (χ1v) is 21.7. The molecule has 0 bridgehead atoms. The number of rotatable bonds is 8. The summed E-state index contributed by atoms with van der Waals surface area (Å²) in [6, 6.07) is 81.4. The van der Waals surface area contributed by atoms with Gasteiger partial charge in [0.25, 0.3) is 0 Å². The Morgan fingerprint density at radius 2 is 0.853 bits per heavy atom. The summed E-state index contributed by atoms with van der Waals surface area (Å²) in [4.78, 5) is 4.79. The van der Waals surface area contributed by atoms with E-state index in [1.54, 1.807) is 0 Å². The normalized spacial score (nSPS) is 10.6. The Kier molecular flexibility index (Phi) is 14.5. The SMILES string of the molecule is Cc1c[c-]cc(-c2ccccc2-c2cc(-c3ccccc3-c3c[c-]c(-c4cc(-c5ccc6c(c5)oc5ccccc56)ccn4)cc3)cc(-c3ccccc3-c3c[c-]cc(C)c3)c2)c1.[C-]#[O+].[C-]#[O+].[Ir+3]. The number of benzene rings is 9. The van der Waals surface area contributed by atoms with E-state index in [1.165, 1.54) is 33.4 Å². The molecule has 0 aliphatic carbocycles. The number of pyridine rings is 1. The Balaban J connectivity index is 0.00000122. The molecule has 9 aromatic carbocycles. The van der Waals surface area contributed by atoms with Crippen molar-refractivity contribution in [2.45, 2.75) is 13.8 Å².